The molecule has 23 heavy (non-hydrogen) atoms. The summed E-state index contributed by atoms with van der Waals surface area (Å²) in [6.45, 7) is 8.45. The first kappa shape index (κ1) is 20.2. The van der Waals surface area contributed by atoms with E-state index in [4.69, 9.17) is 0 Å². The molecule has 2 N–H and O–H groups in total. The fourth-order valence-corrected chi connectivity index (χ4v) is 4.33. The van der Waals surface area contributed by atoms with Gasteiger partial charge in [0.25, 0.3) is 0 Å². The van der Waals surface area contributed by atoms with Crippen molar-refractivity contribution in [3.8, 4) is 0 Å². The molecule has 0 fully saturated rings. The first-order valence-corrected chi connectivity index (χ1v) is 9.47. The Morgan fingerprint density at radius 1 is 0.696 bits per heavy atom. The minimum Gasteiger partial charge on any atom is -0.389 e. The van der Waals surface area contributed by atoms with Gasteiger partial charge in [-0.05, 0) is 31.2 Å². The van der Waals surface area contributed by atoms with Gasteiger partial charge in [0.05, 0.1) is 11.2 Å². The minimum atomic E-state index is -0.843. The summed E-state index contributed by atoms with van der Waals surface area (Å²) in [6.07, 6.45) is 6.63. The molecule has 2 heteroatoms. The Labute approximate surface area is 142 Å². The number of rotatable bonds is 11. The van der Waals surface area contributed by atoms with E-state index < -0.39 is 11.2 Å². The van der Waals surface area contributed by atoms with Crippen LogP contribution in [0.2, 0.25) is 0 Å². The maximum atomic E-state index is 11.6. The second-order valence-corrected chi connectivity index (χ2v) is 7.05. The van der Waals surface area contributed by atoms with Crippen molar-refractivity contribution in [3.63, 3.8) is 0 Å². The molecule has 0 unspecified atom stereocenters. The molecule has 1 aromatic rings. The van der Waals surface area contributed by atoms with Gasteiger partial charge in [0.2, 0.25) is 0 Å². The summed E-state index contributed by atoms with van der Waals surface area (Å²) in [5.41, 5.74) is -0.616. The monoisotopic (exact) mass is 320 g/mol. The van der Waals surface area contributed by atoms with Gasteiger partial charge in [0.15, 0.2) is 0 Å². The average Bonchev–Trinajstić information content (AvgIpc) is 2.49. The molecule has 0 aliphatic rings. The standard InChI is InChI=1S/C21H36O2/c1-5-14-20(22,15-6-2)19(18-12-10-9-11-13-18)21(23,16-7-3)17-8-4/h9-13,19,22-23H,5-8,14-17H2,1-4H3. The van der Waals surface area contributed by atoms with Gasteiger partial charge < -0.3 is 10.2 Å². The van der Waals surface area contributed by atoms with E-state index >= 15 is 0 Å². The molecule has 0 bridgehead atoms. The topological polar surface area (TPSA) is 40.5 Å². The van der Waals surface area contributed by atoms with E-state index in [2.05, 4.69) is 39.8 Å². The summed E-state index contributed by atoms with van der Waals surface area (Å²) < 4.78 is 0. The van der Waals surface area contributed by atoms with Crippen molar-refractivity contribution < 1.29 is 10.2 Å². The fourth-order valence-electron chi connectivity index (χ4n) is 4.33. The lowest BCUT2D eigenvalue weighted by Crippen LogP contribution is -2.50. The van der Waals surface area contributed by atoms with E-state index in [1.807, 2.05) is 18.2 Å². The van der Waals surface area contributed by atoms with E-state index in [1.54, 1.807) is 0 Å². The normalized spacial score (nSPS) is 12.8. The third-order valence-corrected chi connectivity index (χ3v) is 4.94. The summed E-state index contributed by atoms with van der Waals surface area (Å²) in [5, 5.41) is 23.1. The summed E-state index contributed by atoms with van der Waals surface area (Å²) in [5.74, 6) is -0.226. The second-order valence-electron chi connectivity index (χ2n) is 7.05. The highest BCUT2D eigenvalue weighted by molar-refractivity contribution is 5.27. The average molecular weight is 321 g/mol. The summed E-state index contributed by atoms with van der Waals surface area (Å²) in [4.78, 5) is 0. The van der Waals surface area contributed by atoms with Gasteiger partial charge in [0, 0.05) is 5.92 Å². The molecule has 132 valence electrons. The zero-order valence-electron chi connectivity index (χ0n) is 15.5. The van der Waals surface area contributed by atoms with Crippen LogP contribution in [0.25, 0.3) is 0 Å². The summed E-state index contributed by atoms with van der Waals surface area (Å²) >= 11 is 0. The first-order chi connectivity index (χ1) is 11.0. The molecule has 0 spiro atoms. The Bertz CT molecular complexity index is 393. The molecule has 0 aliphatic carbocycles. The van der Waals surface area contributed by atoms with E-state index in [-0.39, 0.29) is 5.92 Å². The van der Waals surface area contributed by atoms with Crippen LogP contribution >= 0.6 is 0 Å². The van der Waals surface area contributed by atoms with Crippen molar-refractivity contribution in [2.75, 3.05) is 0 Å². The van der Waals surface area contributed by atoms with Gasteiger partial charge in [-0.1, -0.05) is 83.7 Å². The van der Waals surface area contributed by atoms with Gasteiger partial charge in [-0.25, -0.2) is 0 Å². The Kier molecular flexibility index (Phi) is 8.28. The highest BCUT2D eigenvalue weighted by atomic mass is 16.3. The summed E-state index contributed by atoms with van der Waals surface area (Å²) in [6, 6.07) is 10.2. The van der Waals surface area contributed by atoms with Crippen LogP contribution in [-0.2, 0) is 0 Å². The van der Waals surface area contributed by atoms with Crippen LogP contribution < -0.4 is 0 Å². The zero-order valence-corrected chi connectivity index (χ0v) is 15.5. The van der Waals surface area contributed by atoms with Crippen LogP contribution in [0, 0.1) is 0 Å². The molecule has 0 aliphatic heterocycles. The molecule has 0 atom stereocenters. The van der Waals surface area contributed by atoms with Crippen LogP contribution in [0.4, 0.5) is 0 Å². The summed E-state index contributed by atoms with van der Waals surface area (Å²) in [7, 11) is 0. The van der Waals surface area contributed by atoms with Crippen molar-refractivity contribution in [2.45, 2.75) is 96.2 Å². The van der Waals surface area contributed by atoms with E-state index in [1.165, 1.54) is 0 Å². The number of hydrogen-bond donors (Lipinski definition) is 2. The molecule has 2 nitrogen and oxygen atoms in total. The van der Waals surface area contributed by atoms with E-state index in [9.17, 15) is 10.2 Å². The second kappa shape index (κ2) is 9.44. The number of hydrogen-bond acceptors (Lipinski definition) is 2. The molecular weight excluding hydrogens is 284 g/mol. The van der Waals surface area contributed by atoms with E-state index in [0.717, 1.165) is 56.9 Å². The van der Waals surface area contributed by atoms with Gasteiger partial charge >= 0.3 is 0 Å². The minimum absolute atomic E-state index is 0.226. The number of benzene rings is 1. The Morgan fingerprint density at radius 2 is 1.04 bits per heavy atom. The highest BCUT2D eigenvalue weighted by Crippen LogP contribution is 2.46. The quantitative estimate of drug-likeness (QED) is 0.570. The number of aliphatic hydroxyl groups is 2. The lowest BCUT2D eigenvalue weighted by molar-refractivity contribution is -0.106. The van der Waals surface area contributed by atoms with Crippen LogP contribution in [0.1, 0.15) is 90.5 Å². The molecule has 0 heterocycles. The third kappa shape index (κ3) is 5.06. The van der Waals surface area contributed by atoms with Gasteiger partial charge in [0.1, 0.15) is 0 Å². The third-order valence-electron chi connectivity index (χ3n) is 4.94. The van der Waals surface area contributed by atoms with Crippen molar-refractivity contribution >= 4 is 0 Å². The van der Waals surface area contributed by atoms with Gasteiger partial charge in [-0.2, -0.15) is 0 Å². The SMILES string of the molecule is CCCC(O)(CCC)C(c1ccccc1)C(O)(CCC)CCC. The van der Waals surface area contributed by atoms with Crippen molar-refractivity contribution in [3.05, 3.63) is 35.9 Å². The predicted molar refractivity (Wildman–Crippen MR) is 98.7 cm³/mol. The van der Waals surface area contributed by atoms with Crippen LogP contribution in [0.3, 0.4) is 0 Å². The smallest absolute Gasteiger partial charge is 0.0743 e. The molecular formula is C21H36O2. The fraction of sp³-hybridized carbons (Fsp3) is 0.714. The van der Waals surface area contributed by atoms with Crippen molar-refractivity contribution in [1.29, 1.82) is 0 Å². The van der Waals surface area contributed by atoms with Crippen LogP contribution in [0.15, 0.2) is 30.3 Å². The molecule has 0 saturated heterocycles. The molecule has 0 radical (unpaired) electrons. The van der Waals surface area contributed by atoms with Crippen molar-refractivity contribution in [2.24, 2.45) is 0 Å². The molecule has 1 aromatic carbocycles. The Hall–Kier alpha value is -0.860. The molecule has 0 amide bonds. The first-order valence-electron chi connectivity index (χ1n) is 9.47. The van der Waals surface area contributed by atoms with Gasteiger partial charge in [-0.3, -0.25) is 0 Å². The Morgan fingerprint density at radius 3 is 1.35 bits per heavy atom. The van der Waals surface area contributed by atoms with Crippen LogP contribution in [0.5, 0.6) is 0 Å². The highest BCUT2D eigenvalue weighted by Gasteiger charge is 2.48. The predicted octanol–water partition coefficient (Wildman–Crippen LogP) is 5.43. The molecule has 0 saturated carbocycles. The zero-order chi connectivity index (χ0) is 17.3. The lowest BCUT2D eigenvalue weighted by atomic mass is 9.65. The largest absolute Gasteiger partial charge is 0.389 e. The van der Waals surface area contributed by atoms with Gasteiger partial charge in [-0.15, -0.1) is 0 Å². The maximum absolute atomic E-state index is 11.6. The van der Waals surface area contributed by atoms with Crippen LogP contribution in [-0.4, -0.2) is 21.4 Å². The Balaban J connectivity index is 3.40. The lowest BCUT2D eigenvalue weighted by Gasteiger charge is -2.46. The molecule has 1 rings (SSSR count). The van der Waals surface area contributed by atoms with Crippen molar-refractivity contribution in [1.82, 2.24) is 0 Å². The maximum Gasteiger partial charge on any atom is 0.0743 e. The molecule has 0 aromatic heterocycles. The van der Waals surface area contributed by atoms with E-state index in [0.29, 0.717) is 0 Å².